The van der Waals surface area contributed by atoms with Gasteiger partial charge in [-0.25, -0.2) is 4.98 Å². The first-order valence-corrected chi connectivity index (χ1v) is 8.51. The maximum Gasteiger partial charge on any atom is 0.250 e. The summed E-state index contributed by atoms with van der Waals surface area (Å²) in [6.45, 7) is 3.70. The summed E-state index contributed by atoms with van der Waals surface area (Å²) in [6.07, 6.45) is 1.68. The van der Waals surface area contributed by atoms with E-state index in [4.69, 9.17) is 11.6 Å². The van der Waals surface area contributed by atoms with Crippen LogP contribution in [0.3, 0.4) is 0 Å². The van der Waals surface area contributed by atoms with E-state index in [2.05, 4.69) is 31.3 Å². The largest absolute Gasteiger partial charge is 0.300 e. The summed E-state index contributed by atoms with van der Waals surface area (Å²) in [7, 11) is 0. The van der Waals surface area contributed by atoms with Crippen LogP contribution in [-0.4, -0.2) is 20.7 Å². The van der Waals surface area contributed by atoms with Crippen molar-refractivity contribution < 1.29 is 4.79 Å². The number of rotatable bonds is 3. The molecule has 8 heteroatoms. The van der Waals surface area contributed by atoms with Gasteiger partial charge in [0.1, 0.15) is 6.04 Å². The fourth-order valence-electron chi connectivity index (χ4n) is 2.07. The third-order valence-corrected chi connectivity index (χ3v) is 5.26. The van der Waals surface area contributed by atoms with E-state index >= 15 is 0 Å². The molecule has 3 aromatic rings. The highest BCUT2D eigenvalue weighted by Gasteiger charge is 2.20. The first kappa shape index (κ1) is 15.5. The minimum Gasteiger partial charge on any atom is -0.300 e. The highest BCUT2D eigenvalue weighted by molar-refractivity contribution is 9.10. The number of aromatic nitrogens is 3. The Balaban J connectivity index is 1.81. The molecule has 0 aliphatic carbocycles. The van der Waals surface area contributed by atoms with Gasteiger partial charge in [-0.1, -0.05) is 22.9 Å². The summed E-state index contributed by atoms with van der Waals surface area (Å²) in [5.41, 5.74) is 1.72. The first-order valence-electron chi connectivity index (χ1n) is 6.52. The molecule has 5 nitrogen and oxygen atoms in total. The normalized spacial score (nSPS) is 12.5. The number of anilines is 1. The Morgan fingerprint density at radius 3 is 2.95 bits per heavy atom. The van der Waals surface area contributed by atoms with E-state index in [1.807, 2.05) is 19.1 Å². The van der Waals surface area contributed by atoms with E-state index in [1.165, 1.54) is 11.3 Å². The van der Waals surface area contributed by atoms with Crippen LogP contribution in [0.4, 0.5) is 5.13 Å². The van der Waals surface area contributed by atoms with Gasteiger partial charge in [0.05, 0.1) is 26.6 Å². The van der Waals surface area contributed by atoms with Gasteiger partial charge in [-0.3, -0.25) is 9.48 Å². The first-order chi connectivity index (χ1) is 10.5. The van der Waals surface area contributed by atoms with Gasteiger partial charge in [-0.2, -0.15) is 5.10 Å². The third-order valence-electron chi connectivity index (χ3n) is 3.31. The standard InChI is InChI=1S/C14H12BrClN4OS/c1-7-10(15)6-17-20(7)8(2)13(21)19-14-18-11-4-3-9(16)5-12(11)22-14/h3-6,8H,1-2H3,(H,18,19,21)/t8-/m0/s1. The number of thiazole rings is 1. The van der Waals surface area contributed by atoms with Crippen LogP contribution in [-0.2, 0) is 4.79 Å². The minimum absolute atomic E-state index is 0.163. The second-order valence-electron chi connectivity index (χ2n) is 4.82. The molecule has 114 valence electrons. The van der Waals surface area contributed by atoms with Crippen LogP contribution in [0.5, 0.6) is 0 Å². The van der Waals surface area contributed by atoms with Crippen LogP contribution in [0.2, 0.25) is 5.02 Å². The number of amides is 1. The lowest BCUT2D eigenvalue weighted by atomic mass is 10.3. The average Bonchev–Trinajstić information content (AvgIpc) is 3.01. The van der Waals surface area contributed by atoms with Crippen molar-refractivity contribution in [2.24, 2.45) is 0 Å². The fraction of sp³-hybridized carbons (Fsp3) is 0.214. The molecule has 0 aliphatic heterocycles. The lowest BCUT2D eigenvalue weighted by Crippen LogP contribution is -2.25. The minimum atomic E-state index is -0.429. The predicted molar refractivity (Wildman–Crippen MR) is 92.6 cm³/mol. The zero-order chi connectivity index (χ0) is 15.9. The molecule has 0 aliphatic rings. The summed E-state index contributed by atoms with van der Waals surface area (Å²) in [4.78, 5) is 16.8. The van der Waals surface area contributed by atoms with Gasteiger partial charge < -0.3 is 5.32 Å². The molecule has 3 rings (SSSR count). The van der Waals surface area contributed by atoms with Gasteiger partial charge in [0.25, 0.3) is 5.91 Å². The van der Waals surface area contributed by atoms with Gasteiger partial charge >= 0.3 is 0 Å². The topological polar surface area (TPSA) is 59.8 Å². The number of benzene rings is 1. The molecule has 0 radical (unpaired) electrons. The van der Waals surface area contributed by atoms with Crippen LogP contribution in [0.15, 0.2) is 28.9 Å². The lowest BCUT2D eigenvalue weighted by Gasteiger charge is -2.13. The number of hydrogen-bond acceptors (Lipinski definition) is 4. The Kier molecular flexibility index (Phi) is 4.20. The number of carbonyl (C=O) groups excluding carboxylic acids is 1. The summed E-state index contributed by atoms with van der Waals surface area (Å²) in [5, 5.41) is 8.25. The van der Waals surface area contributed by atoms with E-state index in [0.717, 1.165) is 20.4 Å². The van der Waals surface area contributed by atoms with Crippen molar-refractivity contribution in [2.45, 2.75) is 19.9 Å². The van der Waals surface area contributed by atoms with E-state index in [9.17, 15) is 4.79 Å². The molecule has 1 aromatic carbocycles. The van der Waals surface area contributed by atoms with Crippen molar-refractivity contribution in [1.29, 1.82) is 0 Å². The van der Waals surface area contributed by atoms with Gasteiger partial charge in [0.2, 0.25) is 0 Å². The molecule has 0 bridgehead atoms. The zero-order valence-corrected chi connectivity index (χ0v) is 15.0. The summed E-state index contributed by atoms with van der Waals surface area (Å²) in [5.74, 6) is -0.163. The van der Waals surface area contributed by atoms with E-state index in [1.54, 1.807) is 23.9 Å². The van der Waals surface area contributed by atoms with Crippen molar-refractivity contribution in [3.63, 3.8) is 0 Å². The number of carbonyl (C=O) groups is 1. The van der Waals surface area contributed by atoms with Crippen LogP contribution in [0.25, 0.3) is 10.2 Å². The van der Waals surface area contributed by atoms with Crippen LogP contribution in [0, 0.1) is 6.92 Å². The zero-order valence-electron chi connectivity index (χ0n) is 11.8. The Labute approximate surface area is 144 Å². The summed E-state index contributed by atoms with van der Waals surface area (Å²) >= 11 is 10.7. The van der Waals surface area contributed by atoms with Crippen LogP contribution in [0.1, 0.15) is 18.7 Å². The number of nitrogens with zero attached hydrogens (tertiary/aromatic N) is 3. The van der Waals surface area contributed by atoms with Crippen molar-refractivity contribution in [3.8, 4) is 0 Å². The maximum absolute atomic E-state index is 12.4. The molecule has 1 amide bonds. The number of hydrogen-bond donors (Lipinski definition) is 1. The number of nitrogens with one attached hydrogen (secondary N) is 1. The van der Waals surface area contributed by atoms with Crippen molar-refractivity contribution in [1.82, 2.24) is 14.8 Å². The Bertz CT molecular complexity index is 860. The maximum atomic E-state index is 12.4. The van der Waals surface area contributed by atoms with Crippen LogP contribution >= 0.6 is 38.9 Å². The van der Waals surface area contributed by atoms with Crippen molar-refractivity contribution in [3.05, 3.63) is 39.6 Å². The number of halogens is 2. The summed E-state index contributed by atoms with van der Waals surface area (Å²) < 4.78 is 3.49. The molecule has 1 atom stereocenters. The highest BCUT2D eigenvalue weighted by Crippen LogP contribution is 2.29. The van der Waals surface area contributed by atoms with E-state index < -0.39 is 6.04 Å². The Morgan fingerprint density at radius 1 is 1.50 bits per heavy atom. The van der Waals surface area contributed by atoms with Gasteiger partial charge in [-0.15, -0.1) is 0 Å². The van der Waals surface area contributed by atoms with Gasteiger partial charge in [0, 0.05) is 5.02 Å². The second kappa shape index (κ2) is 5.98. The Hall–Kier alpha value is -1.44. The summed E-state index contributed by atoms with van der Waals surface area (Å²) in [6, 6.07) is 5.02. The molecule has 1 N–H and O–H groups in total. The third kappa shape index (κ3) is 2.88. The molecule has 0 saturated heterocycles. The monoisotopic (exact) mass is 398 g/mol. The molecule has 2 heterocycles. The fourth-order valence-corrected chi connectivity index (χ4v) is 3.48. The predicted octanol–water partition coefficient (Wildman–Crippen LogP) is 4.42. The van der Waals surface area contributed by atoms with Crippen molar-refractivity contribution >= 4 is 60.1 Å². The lowest BCUT2D eigenvalue weighted by molar-refractivity contribution is -0.119. The number of fused-ring (bicyclic) bond motifs is 1. The van der Waals surface area contributed by atoms with E-state index in [-0.39, 0.29) is 5.91 Å². The SMILES string of the molecule is Cc1c(Br)cnn1[C@@H](C)C(=O)Nc1nc2ccc(Cl)cc2s1. The van der Waals surface area contributed by atoms with Crippen LogP contribution < -0.4 is 5.32 Å². The van der Waals surface area contributed by atoms with Crippen molar-refractivity contribution in [2.75, 3.05) is 5.32 Å². The highest BCUT2D eigenvalue weighted by atomic mass is 79.9. The smallest absolute Gasteiger partial charge is 0.250 e. The van der Waals surface area contributed by atoms with Gasteiger partial charge in [0.15, 0.2) is 5.13 Å². The van der Waals surface area contributed by atoms with Gasteiger partial charge in [-0.05, 0) is 48.0 Å². The Morgan fingerprint density at radius 2 is 2.27 bits per heavy atom. The quantitative estimate of drug-likeness (QED) is 0.709. The van der Waals surface area contributed by atoms with E-state index in [0.29, 0.717) is 10.2 Å². The molecular formula is C14H12BrClN4OS. The molecular weight excluding hydrogens is 388 g/mol. The average molecular weight is 400 g/mol. The molecule has 0 fully saturated rings. The molecule has 0 saturated carbocycles. The molecule has 22 heavy (non-hydrogen) atoms. The molecule has 2 aromatic heterocycles. The second-order valence-corrected chi connectivity index (χ2v) is 7.14. The molecule has 0 spiro atoms. The molecule has 0 unspecified atom stereocenters.